The molecule has 0 bridgehead atoms. The molecule has 1 aromatic carbocycles. The van der Waals surface area contributed by atoms with Crippen molar-refractivity contribution in [2.24, 2.45) is 10.7 Å². The lowest BCUT2D eigenvalue weighted by Crippen LogP contribution is -2.36. The summed E-state index contributed by atoms with van der Waals surface area (Å²) < 4.78 is 5.41. The van der Waals surface area contributed by atoms with Crippen LogP contribution in [-0.4, -0.2) is 51.3 Å². The second-order valence-corrected chi connectivity index (χ2v) is 5.14. The number of benzene rings is 1. The summed E-state index contributed by atoms with van der Waals surface area (Å²) in [6.45, 7) is 5.47. The summed E-state index contributed by atoms with van der Waals surface area (Å²) >= 11 is 0. The number of rotatable bonds is 3. The van der Waals surface area contributed by atoms with E-state index in [0.29, 0.717) is 5.96 Å². The van der Waals surface area contributed by atoms with E-state index in [1.54, 1.807) is 0 Å². The van der Waals surface area contributed by atoms with E-state index in [-0.39, 0.29) is 0 Å². The lowest BCUT2D eigenvalue weighted by molar-refractivity contribution is 0.123. The van der Waals surface area contributed by atoms with E-state index in [1.165, 1.54) is 5.56 Å². The monoisotopic (exact) mass is 276 g/mol. The number of ether oxygens (including phenoxy) is 1. The Labute approximate surface area is 121 Å². The Kier molecular flexibility index (Phi) is 4.84. The van der Waals surface area contributed by atoms with Crippen LogP contribution in [0.1, 0.15) is 12.5 Å². The molecule has 1 aliphatic rings. The molecule has 0 aromatic heterocycles. The average Bonchev–Trinajstić information content (AvgIpc) is 2.48. The highest BCUT2D eigenvalue weighted by molar-refractivity contribution is 5.83. The van der Waals surface area contributed by atoms with Crippen LogP contribution in [0.2, 0.25) is 0 Å². The fraction of sp³-hybridized carbons (Fsp3) is 0.533. The molecule has 2 rings (SSSR count). The molecular formula is C15H24N4O. The molecule has 0 unspecified atom stereocenters. The highest BCUT2D eigenvalue weighted by Crippen LogP contribution is 2.30. The summed E-state index contributed by atoms with van der Waals surface area (Å²) in [5.41, 5.74) is 9.32. The van der Waals surface area contributed by atoms with E-state index < -0.39 is 0 Å². The van der Waals surface area contributed by atoms with Crippen LogP contribution in [0.15, 0.2) is 23.2 Å². The van der Waals surface area contributed by atoms with Gasteiger partial charge in [0.05, 0.1) is 24.6 Å². The standard InChI is InChI=1S/C15H24N4O/c1-4-12-5-6-14(19-7-9-20-10-8-19)13(11-12)17-15(16)18(2)3/h5-6,11H,4,7-10H2,1-3H3,(H2,16,17). The van der Waals surface area contributed by atoms with Crippen LogP contribution in [0.4, 0.5) is 11.4 Å². The lowest BCUT2D eigenvalue weighted by Gasteiger charge is -2.30. The van der Waals surface area contributed by atoms with Crippen molar-refractivity contribution >= 4 is 17.3 Å². The normalized spacial score (nSPS) is 16.4. The second kappa shape index (κ2) is 6.61. The molecule has 0 spiro atoms. The summed E-state index contributed by atoms with van der Waals surface area (Å²) in [6.07, 6.45) is 0.994. The third-order valence-corrected chi connectivity index (χ3v) is 3.49. The van der Waals surface area contributed by atoms with Gasteiger partial charge in [-0.3, -0.25) is 0 Å². The van der Waals surface area contributed by atoms with Crippen molar-refractivity contribution in [2.75, 3.05) is 45.3 Å². The van der Waals surface area contributed by atoms with Crippen LogP contribution in [0.3, 0.4) is 0 Å². The molecule has 0 saturated carbocycles. The maximum absolute atomic E-state index is 5.97. The minimum Gasteiger partial charge on any atom is -0.378 e. The van der Waals surface area contributed by atoms with Gasteiger partial charge in [0.2, 0.25) is 0 Å². The van der Waals surface area contributed by atoms with Crippen molar-refractivity contribution in [1.82, 2.24) is 4.90 Å². The molecular weight excluding hydrogens is 252 g/mol. The number of aryl methyl sites for hydroxylation is 1. The van der Waals surface area contributed by atoms with Crippen LogP contribution in [-0.2, 0) is 11.2 Å². The van der Waals surface area contributed by atoms with Crippen molar-refractivity contribution in [3.05, 3.63) is 23.8 Å². The average molecular weight is 276 g/mol. The number of nitrogens with zero attached hydrogens (tertiary/aromatic N) is 3. The number of hydrogen-bond acceptors (Lipinski definition) is 3. The second-order valence-electron chi connectivity index (χ2n) is 5.14. The molecule has 0 aliphatic carbocycles. The number of nitrogens with two attached hydrogens (primary N) is 1. The van der Waals surface area contributed by atoms with Gasteiger partial charge < -0.3 is 20.3 Å². The molecule has 1 saturated heterocycles. The Morgan fingerprint density at radius 3 is 2.65 bits per heavy atom. The van der Waals surface area contributed by atoms with Gasteiger partial charge in [-0.25, -0.2) is 4.99 Å². The zero-order valence-corrected chi connectivity index (χ0v) is 12.6. The first-order valence-corrected chi connectivity index (χ1v) is 7.09. The summed E-state index contributed by atoms with van der Waals surface area (Å²) in [5.74, 6) is 0.521. The van der Waals surface area contributed by atoms with Gasteiger partial charge in [-0.15, -0.1) is 0 Å². The Hall–Kier alpha value is -1.75. The van der Waals surface area contributed by atoms with E-state index >= 15 is 0 Å². The predicted octanol–water partition coefficient (Wildman–Crippen LogP) is 1.59. The molecule has 1 aliphatic heterocycles. The summed E-state index contributed by atoms with van der Waals surface area (Å²) in [7, 11) is 3.80. The minimum atomic E-state index is 0.521. The SMILES string of the molecule is CCc1ccc(N2CCOCC2)c(N=C(N)N(C)C)c1. The number of guanidine groups is 1. The van der Waals surface area contributed by atoms with Crippen molar-refractivity contribution in [3.63, 3.8) is 0 Å². The van der Waals surface area contributed by atoms with Crippen LogP contribution in [0, 0.1) is 0 Å². The minimum absolute atomic E-state index is 0.521. The third kappa shape index (κ3) is 3.42. The van der Waals surface area contributed by atoms with Crippen molar-refractivity contribution < 1.29 is 4.74 Å². The number of aliphatic imine (C=N–C) groups is 1. The highest BCUT2D eigenvalue weighted by atomic mass is 16.5. The first kappa shape index (κ1) is 14.7. The molecule has 20 heavy (non-hydrogen) atoms. The molecule has 110 valence electrons. The zero-order valence-electron chi connectivity index (χ0n) is 12.6. The van der Waals surface area contributed by atoms with Crippen molar-refractivity contribution in [1.29, 1.82) is 0 Å². The smallest absolute Gasteiger partial charge is 0.196 e. The van der Waals surface area contributed by atoms with Gasteiger partial charge in [0.25, 0.3) is 0 Å². The van der Waals surface area contributed by atoms with E-state index in [9.17, 15) is 0 Å². The lowest BCUT2D eigenvalue weighted by atomic mass is 10.1. The fourth-order valence-corrected chi connectivity index (χ4v) is 2.17. The maximum Gasteiger partial charge on any atom is 0.196 e. The van der Waals surface area contributed by atoms with E-state index in [0.717, 1.165) is 44.1 Å². The van der Waals surface area contributed by atoms with Gasteiger partial charge in [-0.05, 0) is 24.1 Å². The predicted molar refractivity (Wildman–Crippen MR) is 83.8 cm³/mol. The van der Waals surface area contributed by atoms with Crippen LogP contribution >= 0.6 is 0 Å². The molecule has 0 atom stereocenters. The van der Waals surface area contributed by atoms with Crippen LogP contribution in [0.25, 0.3) is 0 Å². The van der Waals surface area contributed by atoms with Gasteiger partial charge >= 0.3 is 0 Å². The topological polar surface area (TPSA) is 54.1 Å². The maximum atomic E-state index is 5.97. The number of morpholine rings is 1. The highest BCUT2D eigenvalue weighted by Gasteiger charge is 2.15. The molecule has 1 fully saturated rings. The first-order chi connectivity index (χ1) is 9.61. The zero-order chi connectivity index (χ0) is 14.5. The Morgan fingerprint density at radius 2 is 2.05 bits per heavy atom. The molecule has 0 radical (unpaired) electrons. The van der Waals surface area contributed by atoms with Gasteiger partial charge in [-0.1, -0.05) is 13.0 Å². The molecule has 5 heteroatoms. The van der Waals surface area contributed by atoms with E-state index in [4.69, 9.17) is 10.5 Å². The first-order valence-electron chi connectivity index (χ1n) is 7.09. The van der Waals surface area contributed by atoms with Gasteiger partial charge in [0, 0.05) is 27.2 Å². The fourth-order valence-electron chi connectivity index (χ4n) is 2.17. The molecule has 1 aromatic rings. The largest absolute Gasteiger partial charge is 0.378 e. The van der Waals surface area contributed by atoms with Crippen LogP contribution in [0.5, 0.6) is 0 Å². The van der Waals surface area contributed by atoms with E-state index in [2.05, 4.69) is 35.0 Å². The molecule has 1 heterocycles. The summed E-state index contributed by atoms with van der Waals surface area (Å²) in [6, 6.07) is 6.43. The quantitative estimate of drug-likeness (QED) is 0.673. The van der Waals surface area contributed by atoms with Crippen molar-refractivity contribution in [2.45, 2.75) is 13.3 Å². The summed E-state index contributed by atoms with van der Waals surface area (Å²) in [4.78, 5) is 8.71. The van der Waals surface area contributed by atoms with Gasteiger partial charge in [0.1, 0.15) is 0 Å². The third-order valence-electron chi connectivity index (χ3n) is 3.49. The Balaban J connectivity index is 2.36. The molecule has 2 N–H and O–H groups in total. The van der Waals surface area contributed by atoms with Crippen LogP contribution < -0.4 is 10.6 Å². The Morgan fingerprint density at radius 1 is 1.35 bits per heavy atom. The summed E-state index contributed by atoms with van der Waals surface area (Å²) in [5, 5.41) is 0. The van der Waals surface area contributed by atoms with E-state index in [1.807, 2.05) is 19.0 Å². The van der Waals surface area contributed by atoms with Crippen molar-refractivity contribution in [3.8, 4) is 0 Å². The van der Waals surface area contributed by atoms with Gasteiger partial charge in [-0.2, -0.15) is 0 Å². The molecule has 5 nitrogen and oxygen atoms in total. The van der Waals surface area contributed by atoms with Gasteiger partial charge in [0.15, 0.2) is 5.96 Å². The Bertz CT molecular complexity index is 479. The molecule has 0 amide bonds. The number of anilines is 1. The number of hydrogen-bond donors (Lipinski definition) is 1.